The van der Waals surface area contributed by atoms with Gasteiger partial charge in [0.2, 0.25) is 0 Å². The maximum absolute atomic E-state index is 11.5. The van der Waals surface area contributed by atoms with Crippen LogP contribution in [-0.2, 0) is 4.74 Å². The summed E-state index contributed by atoms with van der Waals surface area (Å²) in [7, 11) is 6.17. The van der Waals surface area contributed by atoms with Gasteiger partial charge in [0, 0.05) is 32.2 Å². The van der Waals surface area contributed by atoms with E-state index in [1.165, 1.54) is 0 Å². The molecule has 0 aliphatic rings. The van der Waals surface area contributed by atoms with E-state index in [4.69, 9.17) is 10.5 Å². The van der Waals surface area contributed by atoms with Crippen LogP contribution in [0.4, 0.5) is 4.79 Å². The van der Waals surface area contributed by atoms with E-state index in [0.29, 0.717) is 13.1 Å². The first-order chi connectivity index (χ1) is 9.15. The van der Waals surface area contributed by atoms with Crippen molar-refractivity contribution in [3.05, 3.63) is 0 Å². The lowest BCUT2D eigenvalue weighted by atomic mass is 10.2. The van der Waals surface area contributed by atoms with Crippen LogP contribution in [0.2, 0.25) is 0 Å². The predicted molar refractivity (Wildman–Crippen MR) is 82.9 cm³/mol. The Morgan fingerprint density at radius 2 is 1.85 bits per heavy atom. The Morgan fingerprint density at radius 1 is 1.25 bits per heavy atom. The Labute approximate surface area is 123 Å². The number of hydrogen-bond acceptors (Lipinski definition) is 5. The van der Waals surface area contributed by atoms with E-state index in [9.17, 15) is 4.79 Å². The predicted octanol–water partition coefficient (Wildman–Crippen LogP) is 0.722. The Hall–Kier alpha value is -0.850. The first-order valence-electron chi connectivity index (χ1n) is 7.17. The smallest absolute Gasteiger partial charge is 0.407 e. The third-order valence-corrected chi connectivity index (χ3v) is 2.94. The number of nitrogens with one attached hydrogen (secondary N) is 1. The molecule has 3 N–H and O–H groups in total. The first kappa shape index (κ1) is 19.1. The lowest BCUT2D eigenvalue weighted by Crippen LogP contribution is -2.43. The van der Waals surface area contributed by atoms with E-state index in [1.54, 1.807) is 0 Å². The van der Waals surface area contributed by atoms with Crippen molar-refractivity contribution in [1.29, 1.82) is 0 Å². The molecule has 1 atom stereocenters. The molecule has 6 nitrogen and oxygen atoms in total. The number of carbonyl (C=O) groups excluding carboxylic acids is 1. The van der Waals surface area contributed by atoms with Gasteiger partial charge in [-0.1, -0.05) is 0 Å². The first-order valence-corrected chi connectivity index (χ1v) is 7.17. The summed E-state index contributed by atoms with van der Waals surface area (Å²) in [5, 5.41) is 2.77. The standard InChI is InChI=1S/C14H32N4O2/c1-14(2,3)20-13(19)16-8-7-12(11-15)18(6)10-9-17(4)5/h12H,7-11,15H2,1-6H3,(H,16,19). The summed E-state index contributed by atoms with van der Waals surface area (Å²) in [5.41, 5.74) is 5.34. The maximum Gasteiger partial charge on any atom is 0.407 e. The highest BCUT2D eigenvalue weighted by molar-refractivity contribution is 5.67. The van der Waals surface area contributed by atoms with E-state index >= 15 is 0 Å². The molecule has 20 heavy (non-hydrogen) atoms. The molecule has 0 aromatic rings. The van der Waals surface area contributed by atoms with E-state index in [0.717, 1.165) is 19.5 Å². The molecule has 120 valence electrons. The molecular weight excluding hydrogens is 256 g/mol. The molecule has 0 fully saturated rings. The molecule has 0 aliphatic heterocycles. The van der Waals surface area contributed by atoms with Crippen LogP contribution in [0.1, 0.15) is 27.2 Å². The van der Waals surface area contributed by atoms with Gasteiger partial charge < -0.3 is 25.6 Å². The summed E-state index contributed by atoms with van der Waals surface area (Å²) in [6.07, 6.45) is 0.448. The summed E-state index contributed by atoms with van der Waals surface area (Å²) < 4.78 is 5.19. The van der Waals surface area contributed by atoms with Gasteiger partial charge in [-0.2, -0.15) is 0 Å². The summed E-state index contributed by atoms with van der Waals surface area (Å²) in [6, 6.07) is 0.268. The van der Waals surface area contributed by atoms with E-state index in [2.05, 4.69) is 36.3 Å². The summed E-state index contributed by atoms with van der Waals surface area (Å²) in [6.45, 7) is 8.66. The van der Waals surface area contributed by atoms with Crippen LogP contribution in [0, 0.1) is 0 Å². The highest BCUT2D eigenvalue weighted by Gasteiger charge is 2.17. The zero-order valence-corrected chi connectivity index (χ0v) is 13.9. The minimum Gasteiger partial charge on any atom is -0.444 e. The van der Waals surface area contributed by atoms with Crippen molar-refractivity contribution in [2.45, 2.75) is 38.8 Å². The summed E-state index contributed by atoms with van der Waals surface area (Å²) in [4.78, 5) is 15.9. The largest absolute Gasteiger partial charge is 0.444 e. The van der Waals surface area contributed by atoms with Gasteiger partial charge in [-0.25, -0.2) is 4.79 Å². The number of hydrogen-bond donors (Lipinski definition) is 2. The third-order valence-electron chi connectivity index (χ3n) is 2.94. The molecule has 0 heterocycles. The van der Waals surface area contributed by atoms with Crippen molar-refractivity contribution in [1.82, 2.24) is 15.1 Å². The fraction of sp³-hybridized carbons (Fsp3) is 0.929. The van der Waals surface area contributed by atoms with Crippen LogP contribution in [-0.4, -0.2) is 74.9 Å². The molecular formula is C14H32N4O2. The number of nitrogens with zero attached hydrogens (tertiary/aromatic N) is 2. The van der Waals surface area contributed by atoms with Crippen LogP contribution in [0.25, 0.3) is 0 Å². The number of ether oxygens (including phenoxy) is 1. The zero-order valence-electron chi connectivity index (χ0n) is 13.9. The number of nitrogens with two attached hydrogens (primary N) is 1. The molecule has 0 saturated heterocycles. The van der Waals surface area contributed by atoms with Gasteiger partial charge in [0.25, 0.3) is 0 Å². The Morgan fingerprint density at radius 3 is 2.30 bits per heavy atom. The molecule has 0 radical (unpaired) electrons. The van der Waals surface area contributed by atoms with Gasteiger partial charge >= 0.3 is 6.09 Å². The van der Waals surface area contributed by atoms with Gasteiger partial charge in [0.15, 0.2) is 0 Å². The Bertz CT molecular complexity index is 277. The topological polar surface area (TPSA) is 70.8 Å². The highest BCUT2D eigenvalue weighted by Crippen LogP contribution is 2.06. The maximum atomic E-state index is 11.5. The minimum atomic E-state index is -0.458. The Kier molecular flexibility index (Phi) is 8.76. The zero-order chi connectivity index (χ0) is 15.8. The quantitative estimate of drug-likeness (QED) is 0.689. The van der Waals surface area contributed by atoms with Crippen LogP contribution in [0.5, 0.6) is 0 Å². The highest BCUT2D eigenvalue weighted by atomic mass is 16.6. The lowest BCUT2D eigenvalue weighted by molar-refractivity contribution is 0.0523. The second-order valence-corrected chi connectivity index (χ2v) is 6.39. The summed E-state index contributed by atoms with van der Waals surface area (Å²) >= 11 is 0. The molecule has 0 aliphatic carbocycles. The Balaban J connectivity index is 3.98. The molecule has 6 heteroatoms. The van der Waals surface area contributed by atoms with Gasteiger partial charge in [-0.3, -0.25) is 0 Å². The lowest BCUT2D eigenvalue weighted by Gasteiger charge is -2.28. The average molecular weight is 288 g/mol. The molecule has 1 unspecified atom stereocenters. The van der Waals surface area contributed by atoms with E-state index in [-0.39, 0.29) is 12.1 Å². The molecule has 1 amide bonds. The molecule has 0 spiro atoms. The number of alkyl carbamates (subject to hydrolysis) is 1. The van der Waals surface area contributed by atoms with Crippen molar-refractivity contribution in [2.24, 2.45) is 5.73 Å². The van der Waals surface area contributed by atoms with Gasteiger partial charge in [0.05, 0.1) is 0 Å². The fourth-order valence-corrected chi connectivity index (χ4v) is 1.71. The average Bonchev–Trinajstić information content (AvgIpc) is 2.29. The number of likely N-dealkylation sites (N-methyl/N-ethyl adjacent to an activating group) is 2. The van der Waals surface area contributed by atoms with Crippen molar-refractivity contribution in [2.75, 3.05) is 47.3 Å². The van der Waals surface area contributed by atoms with E-state index < -0.39 is 5.60 Å². The molecule has 0 aromatic heterocycles. The van der Waals surface area contributed by atoms with Crippen LogP contribution in [0.15, 0.2) is 0 Å². The molecule has 0 saturated carbocycles. The van der Waals surface area contributed by atoms with Gasteiger partial charge in [-0.05, 0) is 48.3 Å². The number of amides is 1. The SMILES string of the molecule is CN(C)CCN(C)C(CN)CCNC(=O)OC(C)(C)C. The molecule has 0 aromatic carbocycles. The van der Waals surface area contributed by atoms with Crippen molar-refractivity contribution in [3.8, 4) is 0 Å². The van der Waals surface area contributed by atoms with Crippen molar-refractivity contribution in [3.63, 3.8) is 0 Å². The number of carbonyl (C=O) groups is 1. The second-order valence-electron chi connectivity index (χ2n) is 6.39. The van der Waals surface area contributed by atoms with Crippen LogP contribution < -0.4 is 11.1 Å². The van der Waals surface area contributed by atoms with Crippen LogP contribution >= 0.6 is 0 Å². The van der Waals surface area contributed by atoms with Crippen molar-refractivity contribution >= 4 is 6.09 Å². The number of rotatable bonds is 8. The third kappa shape index (κ3) is 10.00. The van der Waals surface area contributed by atoms with Gasteiger partial charge in [0.1, 0.15) is 5.60 Å². The van der Waals surface area contributed by atoms with Gasteiger partial charge in [-0.15, -0.1) is 0 Å². The second kappa shape index (κ2) is 9.15. The summed E-state index contributed by atoms with van der Waals surface area (Å²) in [5.74, 6) is 0. The minimum absolute atomic E-state index is 0.268. The van der Waals surface area contributed by atoms with Crippen LogP contribution in [0.3, 0.4) is 0 Å². The van der Waals surface area contributed by atoms with E-state index in [1.807, 2.05) is 20.8 Å². The normalized spacial score (nSPS) is 13.7. The monoisotopic (exact) mass is 288 g/mol. The van der Waals surface area contributed by atoms with Crippen molar-refractivity contribution < 1.29 is 9.53 Å². The molecule has 0 bridgehead atoms. The molecule has 0 rings (SSSR count). The fourth-order valence-electron chi connectivity index (χ4n) is 1.71.